The lowest BCUT2D eigenvalue weighted by Crippen LogP contribution is -2.44. The molecule has 0 aliphatic carbocycles. The highest BCUT2D eigenvalue weighted by atomic mass is 32.2. The molecule has 2 aromatic carbocycles. The average Bonchev–Trinajstić information content (AvgIpc) is 3.21. The maximum atomic E-state index is 12.8. The molecule has 0 radical (unpaired) electrons. The number of carbonyl (C=O) groups excluding carboxylic acids is 2. The summed E-state index contributed by atoms with van der Waals surface area (Å²) in [5, 5.41) is 3.37. The number of para-hydroxylation sites is 1. The molecule has 0 aromatic heterocycles. The maximum Gasteiger partial charge on any atom is 0.324 e. The number of hydrogen-bond donors (Lipinski definition) is 1. The third kappa shape index (κ3) is 5.01. The first-order valence-corrected chi connectivity index (χ1v) is 11.5. The Morgan fingerprint density at radius 1 is 1.03 bits per heavy atom. The van der Waals surface area contributed by atoms with E-state index in [-0.39, 0.29) is 0 Å². The molecule has 1 aliphatic heterocycles. The number of thioether (sulfide) groups is 1. The fourth-order valence-electron chi connectivity index (χ4n) is 3.63. The monoisotopic (exact) mass is 465 g/mol. The minimum absolute atomic E-state index is 0.432. The number of rotatable bonds is 8. The van der Waals surface area contributed by atoms with Crippen molar-refractivity contribution in [2.75, 3.05) is 25.3 Å². The van der Waals surface area contributed by atoms with Gasteiger partial charge in [-0.25, -0.2) is 9.98 Å². The van der Waals surface area contributed by atoms with Crippen LogP contribution in [-0.4, -0.2) is 48.5 Å². The van der Waals surface area contributed by atoms with E-state index < -0.39 is 22.7 Å². The van der Waals surface area contributed by atoms with Crippen molar-refractivity contribution in [1.29, 1.82) is 0 Å². The zero-order valence-corrected chi connectivity index (χ0v) is 19.9. The van der Waals surface area contributed by atoms with Gasteiger partial charge in [0, 0.05) is 11.3 Å². The quantitative estimate of drug-likeness (QED) is 0.355. The highest BCUT2D eigenvalue weighted by Crippen LogP contribution is 2.44. The molecular weight excluding hydrogens is 438 g/mol. The molecule has 1 aliphatic rings. The Labute approximate surface area is 198 Å². The highest BCUT2D eigenvalue weighted by Gasteiger charge is 2.51. The molecule has 0 fully saturated rings. The number of methoxy groups -OCH3 is 2. The lowest BCUT2D eigenvalue weighted by Gasteiger charge is -2.33. The number of nitrogens with zero attached hydrogens (tertiary/aromatic N) is 2. The summed E-state index contributed by atoms with van der Waals surface area (Å²) in [7, 11) is 2.49. The summed E-state index contributed by atoms with van der Waals surface area (Å²) in [6.45, 7) is 3.75. The number of anilines is 1. The molecule has 0 saturated heterocycles. The van der Waals surface area contributed by atoms with E-state index in [1.807, 2.05) is 67.6 Å². The molecule has 172 valence electrons. The predicted molar refractivity (Wildman–Crippen MR) is 133 cm³/mol. The zero-order chi connectivity index (χ0) is 23.8. The van der Waals surface area contributed by atoms with Gasteiger partial charge >= 0.3 is 11.9 Å². The molecule has 33 heavy (non-hydrogen) atoms. The predicted octanol–water partition coefficient (Wildman–Crippen LogP) is 4.32. The van der Waals surface area contributed by atoms with E-state index in [1.54, 1.807) is 13.0 Å². The minimum atomic E-state index is -1.29. The van der Waals surface area contributed by atoms with Crippen molar-refractivity contribution in [3.8, 4) is 0 Å². The summed E-state index contributed by atoms with van der Waals surface area (Å²) in [5.41, 5.74) is 2.07. The number of aliphatic imine (C=N–C) groups is 2. The van der Waals surface area contributed by atoms with Gasteiger partial charge in [0.05, 0.1) is 14.2 Å². The normalized spacial score (nSPS) is 17.9. The molecule has 1 N–H and O–H groups in total. The van der Waals surface area contributed by atoms with Gasteiger partial charge in [-0.15, -0.1) is 11.8 Å². The topological polar surface area (TPSA) is 89.4 Å². The molecule has 8 heteroatoms. The van der Waals surface area contributed by atoms with Gasteiger partial charge in [0.25, 0.3) is 0 Å². The standard InChI is InChI=1S/C25H27N3O4S/c1-5-19(20(22(29)31-3)23(30)32-4)25(33-6-2)24(26-18-15-11-8-12-16-18)27-21(28-25)17-13-9-7-10-14-17/h5,7-16,20H,6H2,1-4H3,(H,26,27,28). The Morgan fingerprint density at radius 3 is 2.12 bits per heavy atom. The van der Waals surface area contributed by atoms with Gasteiger partial charge in [-0.3, -0.25) is 9.59 Å². The fraction of sp³-hybridized carbons (Fsp3) is 0.280. The Balaban J connectivity index is 2.22. The third-order valence-corrected chi connectivity index (χ3v) is 6.34. The smallest absolute Gasteiger partial charge is 0.324 e. The SMILES string of the molecule is CC=C(C(C(=O)OC)C(=O)OC)C1(SCC)N=C(c2ccccc2)N=C1Nc1ccccc1. The Morgan fingerprint density at radius 2 is 1.61 bits per heavy atom. The maximum absolute atomic E-state index is 12.8. The highest BCUT2D eigenvalue weighted by molar-refractivity contribution is 8.01. The van der Waals surface area contributed by atoms with Crippen LogP contribution < -0.4 is 5.32 Å². The van der Waals surface area contributed by atoms with Gasteiger partial charge in [0.15, 0.2) is 22.5 Å². The van der Waals surface area contributed by atoms with Gasteiger partial charge in [-0.2, -0.15) is 0 Å². The van der Waals surface area contributed by atoms with Crippen molar-refractivity contribution in [3.05, 3.63) is 77.9 Å². The first-order chi connectivity index (χ1) is 16.0. The van der Waals surface area contributed by atoms with Gasteiger partial charge in [-0.1, -0.05) is 61.5 Å². The number of amidine groups is 2. The second-order valence-electron chi connectivity index (χ2n) is 7.05. The van der Waals surface area contributed by atoms with E-state index in [1.165, 1.54) is 26.0 Å². The fourth-order valence-corrected chi connectivity index (χ4v) is 4.84. The number of nitrogens with one attached hydrogen (secondary N) is 1. The summed E-state index contributed by atoms with van der Waals surface area (Å²) >= 11 is 1.46. The molecule has 0 bridgehead atoms. The van der Waals surface area contributed by atoms with Crippen LogP contribution in [0.2, 0.25) is 0 Å². The Bertz CT molecular complexity index is 1070. The molecule has 0 saturated carbocycles. The molecule has 0 amide bonds. The molecule has 2 aromatic rings. The van der Waals surface area contributed by atoms with Crippen molar-refractivity contribution in [3.63, 3.8) is 0 Å². The molecule has 7 nitrogen and oxygen atoms in total. The van der Waals surface area contributed by atoms with E-state index in [0.29, 0.717) is 23.0 Å². The Hall–Kier alpha value is -3.39. The van der Waals surface area contributed by atoms with Crippen LogP contribution in [0.25, 0.3) is 0 Å². The van der Waals surface area contributed by atoms with Crippen molar-refractivity contribution < 1.29 is 19.1 Å². The first kappa shape index (κ1) is 24.3. The van der Waals surface area contributed by atoms with Crippen LogP contribution >= 0.6 is 11.8 Å². The van der Waals surface area contributed by atoms with Crippen LogP contribution in [0.5, 0.6) is 0 Å². The zero-order valence-electron chi connectivity index (χ0n) is 19.1. The molecule has 1 heterocycles. The number of ether oxygens (including phenoxy) is 2. The second kappa shape index (κ2) is 11.0. The summed E-state index contributed by atoms with van der Waals surface area (Å²) < 4.78 is 9.93. The van der Waals surface area contributed by atoms with Crippen molar-refractivity contribution in [1.82, 2.24) is 0 Å². The van der Waals surface area contributed by atoms with E-state index in [9.17, 15) is 9.59 Å². The van der Waals surface area contributed by atoms with Crippen LogP contribution in [0.3, 0.4) is 0 Å². The summed E-state index contributed by atoms with van der Waals surface area (Å²) in [4.78, 5) is 34.2. The van der Waals surface area contributed by atoms with Crippen LogP contribution in [0.4, 0.5) is 5.69 Å². The summed E-state index contributed by atoms with van der Waals surface area (Å²) in [6, 6.07) is 19.1. The van der Waals surface area contributed by atoms with E-state index >= 15 is 0 Å². The van der Waals surface area contributed by atoms with Crippen molar-refractivity contribution >= 4 is 41.1 Å². The molecular formula is C25H27N3O4S. The second-order valence-corrected chi connectivity index (χ2v) is 8.51. The minimum Gasteiger partial charge on any atom is -0.468 e. The van der Waals surface area contributed by atoms with Crippen LogP contribution in [0.15, 0.2) is 82.3 Å². The van der Waals surface area contributed by atoms with Gasteiger partial charge in [-0.05, 0) is 30.4 Å². The number of benzene rings is 2. The third-order valence-electron chi connectivity index (χ3n) is 5.11. The van der Waals surface area contributed by atoms with Gasteiger partial charge in [0.1, 0.15) is 0 Å². The van der Waals surface area contributed by atoms with Crippen molar-refractivity contribution in [2.45, 2.75) is 18.7 Å². The van der Waals surface area contributed by atoms with Crippen molar-refractivity contribution in [2.24, 2.45) is 15.9 Å². The summed E-state index contributed by atoms with van der Waals surface area (Å²) in [6.07, 6.45) is 1.72. The molecule has 1 atom stereocenters. The Kier molecular flexibility index (Phi) is 8.06. The lowest BCUT2D eigenvalue weighted by atomic mass is 9.91. The molecule has 0 spiro atoms. The number of esters is 2. The molecule has 1 unspecified atom stereocenters. The summed E-state index contributed by atoms with van der Waals surface area (Å²) in [5.74, 6) is -1.06. The number of carbonyl (C=O) groups is 2. The number of hydrogen-bond acceptors (Lipinski definition) is 8. The van der Waals surface area contributed by atoms with E-state index in [2.05, 4.69) is 5.32 Å². The first-order valence-electron chi connectivity index (χ1n) is 10.5. The lowest BCUT2D eigenvalue weighted by molar-refractivity contribution is -0.156. The van der Waals surface area contributed by atoms with Crippen LogP contribution in [0, 0.1) is 5.92 Å². The van der Waals surface area contributed by atoms with Crippen LogP contribution in [0.1, 0.15) is 19.4 Å². The number of allylic oxidation sites excluding steroid dienone is 1. The average molecular weight is 466 g/mol. The van der Waals surface area contributed by atoms with Gasteiger partial charge < -0.3 is 14.8 Å². The van der Waals surface area contributed by atoms with E-state index in [0.717, 1.165) is 11.3 Å². The van der Waals surface area contributed by atoms with Gasteiger partial charge in [0.2, 0.25) is 0 Å². The largest absolute Gasteiger partial charge is 0.468 e. The van der Waals surface area contributed by atoms with Crippen LogP contribution in [-0.2, 0) is 19.1 Å². The van der Waals surface area contributed by atoms with E-state index in [4.69, 9.17) is 19.5 Å². The molecule has 3 rings (SSSR count).